The Morgan fingerprint density at radius 2 is 1.81 bits per heavy atom. The molecule has 1 unspecified atom stereocenters. The van der Waals surface area contributed by atoms with Crippen LogP contribution in [-0.4, -0.2) is 21.8 Å². The van der Waals surface area contributed by atoms with E-state index in [9.17, 15) is 9.90 Å². The molecule has 4 nitrogen and oxygen atoms in total. The van der Waals surface area contributed by atoms with E-state index in [1.165, 1.54) is 11.3 Å². The van der Waals surface area contributed by atoms with Crippen molar-refractivity contribution < 1.29 is 9.90 Å². The highest BCUT2D eigenvalue weighted by atomic mass is 32.2. The molecule has 6 heteroatoms. The fraction of sp³-hybridized carbons (Fsp3) is 0.200. The molecule has 0 radical (unpaired) electrons. The molecule has 1 amide bonds. The summed E-state index contributed by atoms with van der Waals surface area (Å²) in [7, 11) is 0. The highest BCUT2D eigenvalue weighted by Gasteiger charge is 2.10. The number of hydrogen-bond donors (Lipinski definition) is 2. The second-order valence-corrected chi connectivity index (χ2v) is 7.74. The van der Waals surface area contributed by atoms with Gasteiger partial charge in [-0.05, 0) is 17.7 Å². The molecule has 0 aliphatic carbocycles. The van der Waals surface area contributed by atoms with Gasteiger partial charge in [0, 0.05) is 22.6 Å². The molecule has 0 saturated heterocycles. The molecule has 1 heterocycles. The number of para-hydroxylation sites is 1. The van der Waals surface area contributed by atoms with Gasteiger partial charge in [0.15, 0.2) is 0 Å². The van der Waals surface area contributed by atoms with E-state index >= 15 is 0 Å². The van der Waals surface area contributed by atoms with Gasteiger partial charge in [0.1, 0.15) is 5.01 Å². The maximum absolute atomic E-state index is 12.1. The van der Waals surface area contributed by atoms with E-state index in [-0.39, 0.29) is 12.3 Å². The second-order valence-electron chi connectivity index (χ2n) is 5.77. The van der Waals surface area contributed by atoms with Crippen molar-refractivity contribution in [1.29, 1.82) is 0 Å². The van der Waals surface area contributed by atoms with Crippen LogP contribution in [0.1, 0.15) is 22.4 Å². The Balaban J connectivity index is 1.43. The monoisotopic (exact) mass is 384 g/mol. The number of thiazole rings is 1. The number of nitrogens with one attached hydrogen (secondary N) is 1. The van der Waals surface area contributed by atoms with Gasteiger partial charge in [0.25, 0.3) is 0 Å². The fourth-order valence-electron chi connectivity index (χ4n) is 2.41. The van der Waals surface area contributed by atoms with Gasteiger partial charge in [-0.2, -0.15) is 11.8 Å². The number of aromatic nitrogens is 1. The first-order valence-electron chi connectivity index (χ1n) is 8.29. The molecule has 0 aliphatic heterocycles. The maximum atomic E-state index is 12.1. The van der Waals surface area contributed by atoms with Crippen molar-refractivity contribution >= 4 is 34.7 Å². The maximum Gasteiger partial charge on any atom is 0.231 e. The Morgan fingerprint density at radius 1 is 1.12 bits per heavy atom. The number of hydrogen-bond acceptors (Lipinski definition) is 5. The quantitative estimate of drug-likeness (QED) is 0.608. The van der Waals surface area contributed by atoms with Crippen molar-refractivity contribution in [3.8, 4) is 0 Å². The summed E-state index contributed by atoms with van der Waals surface area (Å²) in [5, 5.41) is 15.8. The summed E-state index contributed by atoms with van der Waals surface area (Å²) in [6, 6.07) is 19.1. The minimum atomic E-state index is -0.476. The van der Waals surface area contributed by atoms with Gasteiger partial charge in [-0.15, -0.1) is 11.3 Å². The van der Waals surface area contributed by atoms with E-state index in [0.717, 1.165) is 27.7 Å². The fourth-order valence-corrected chi connectivity index (χ4v) is 4.20. The lowest BCUT2D eigenvalue weighted by Gasteiger charge is -2.09. The van der Waals surface area contributed by atoms with Crippen molar-refractivity contribution in [2.75, 3.05) is 11.1 Å². The lowest BCUT2D eigenvalue weighted by Crippen LogP contribution is -2.14. The SMILES string of the molecule is O=C(Cc1nc(CSCC(O)c2ccccc2)cs1)Nc1ccccc1. The number of benzene rings is 2. The molecule has 2 aromatic carbocycles. The van der Waals surface area contributed by atoms with Crippen LogP contribution in [0.5, 0.6) is 0 Å². The zero-order valence-corrected chi connectivity index (χ0v) is 15.8. The second kappa shape index (κ2) is 9.52. The lowest BCUT2D eigenvalue weighted by molar-refractivity contribution is -0.115. The van der Waals surface area contributed by atoms with E-state index in [0.29, 0.717) is 5.75 Å². The molecule has 0 spiro atoms. The Hall–Kier alpha value is -2.15. The molecular weight excluding hydrogens is 364 g/mol. The molecule has 3 aromatic rings. The van der Waals surface area contributed by atoms with Crippen molar-refractivity contribution in [3.63, 3.8) is 0 Å². The minimum Gasteiger partial charge on any atom is -0.388 e. The van der Waals surface area contributed by atoms with E-state index in [4.69, 9.17) is 0 Å². The van der Waals surface area contributed by atoms with Crippen LogP contribution in [0.4, 0.5) is 5.69 Å². The molecule has 0 saturated carbocycles. The van der Waals surface area contributed by atoms with Gasteiger partial charge in [-0.3, -0.25) is 4.79 Å². The van der Waals surface area contributed by atoms with Crippen LogP contribution < -0.4 is 5.32 Å². The normalized spacial score (nSPS) is 11.9. The molecule has 1 atom stereocenters. The number of nitrogens with zero attached hydrogens (tertiary/aromatic N) is 1. The largest absolute Gasteiger partial charge is 0.388 e. The van der Waals surface area contributed by atoms with Crippen LogP contribution >= 0.6 is 23.1 Å². The average Bonchev–Trinajstić information content (AvgIpc) is 3.10. The minimum absolute atomic E-state index is 0.0655. The highest BCUT2D eigenvalue weighted by Crippen LogP contribution is 2.22. The lowest BCUT2D eigenvalue weighted by atomic mass is 10.1. The summed E-state index contributed by atoms with van der Waals surface area (Å²) in [4.78, 5) is 16.6. The molecule has 26 heavy (non-hydrogen) atoms. The molecule has 3 rings (SSSR count). The zero-order valence-electron chi connectivity index (χ0n) is 14.2. The number of carbonyl (C=O) groups excluding carboxylic acids is 1. The summed E-state index contributed by atoms with van der Waals surface area (Å²) in [6.45, 7) is 0. The van der Waals surface area contributed by atoms with Crippen molar-refractivity contribution in [2.24, 2.45) is 0 Å². The van der Waals surface area contributed by atoms with Gasteiger partial charge in [0.05, 0.1) is 18.2 Å². The van der Waals surface area contributed by atoms with Crippen LogP contribution in [-0.2, 0) is 17.0 Å². The van der Waals surface area contributed by atoms with Crippen molar-refractivity contribution in [3.05, 3.63) is 82.3 Å². The van der Waals surface area contributed by atoms with Gasteiger partial charge in [-0.1, -0.05) is 48.5 Å². The third-order valence-electron chi connectivity index (χ3n) is 3.68. The number of aliphatic hydroxyl groups is 1. The van der Waals surface area contributed by atoms with Crippen molar-refractivity contribution in [1.82, 2.24) is 4.98 Å². The average molecular weight is 385 g/mol. The number of amides is 1. The smallest absolute Gasteiger partial charge is 0.231 e. The summed E-state index contributed by atoms with van der Waals surface area (Å²) in [6.07, 6.45) is -0.201. The van der Waals surface area contributed by atoms with E-state index < -0.39 is 6.10 Å². The number of carbonyl (C=O) groups is 1. The Bertz CT molecular complexity index is 822. The Labute approximate surface area is 161 Å². The molecular formula is C20H20N2O2S2. The predicted octanol–water partition coefficient (Wildman–Crippen LogP) is 4.29. The van der Waals surface area contributed by atoms with Gasteiger partial charge in [-0.25, -0.2) is 4.98 Å². The number of thioether (sulfide) groups is 1. The molecule has 0 fully saturated rings. The summed E-state index contributed by atoms with van der Waals surface area (Å²) in [5.41, 5.74) is 2.67. The number of aliphatic hydroxyl groups excluding tert-OH is 1. The zero-order chi connectivity index (χ0) is 18.2. The van der Waals surface area contributed by atoms with E-state index in [2.05, 4.69) is 10.3 Å². The Kier molecular flexibility index (Phi) is 6.82. The van der Waals surface area contributed by atoms with E-state index in [1.54, 1.807) is 11.8 Å². The third-order valence-corrected chi connectivity index (χ3v) is 5.63. The van der Waals surface area contributed by atoms with Crippen LogP contribution in [0.25, 0.3) is 0 Å². The predicted molar refractivity (Wildman–Crippen MR) is 108 cm³/mol. The molecule has 1 aromatic heterocycles. The standard InChI is InChI=1S/C20H20N2O2S2/c23-18(15-7-3-1-4-8-15)14-25-12-17-13-26-20(22-17)11-19(24)21-16-9-5-2-6-10-16/h1-10,13,18,23H,11-12,14H2,(H,21,24). The first-order valence-corrected chi connectivity index (χ1v) is 10.3. The number of rotatable bonds is 8. The number of anilines is 1. The van der Waals surface area contributed by atoms with Gasteiger partial charge >= 0.3 is 0 Å². The third kappa shape index (κ3) is 5.69. The van der Waals surface area contributed by atoms with Gasteiger partial charge in [0.2, 0.25) is 5.91 Å². The molecule has 2 N–H and O–H groups in total. The first-order chi connectivity index (χ1) is 12.7. The van der Waals surface area contributed by atoms with Crippen LogP contribution in [0.3, 0.4) is 0 Å². The summed E-state index contributed by atoms with van der Waals surface area (Å²) >= 11 is 3.13. The van der Waals surface area contributed by atoms with Crippen LogP contribution in [0.2, 0.25) is 0 Å². The summed E-state index contributed by atoms with van der Waals surface area (Å²) < 4.78 is 0. The molecule has 0 bridgehead atoms. The highest BCUT2D eigenvalue weighted by molar-refractivity contribution is 7.98. The van der Waals surface area contributed by atoms with Crippen LogP contribution in [0, 0.1) is 0 Å². The van der Waals surface area contributed by atoms with Crippen LogP contribution in [0.15, 0.2) is 66.0 Å². The summed E-state index contributed by atoms with van der Waals surface area (Å²) in [5.74, 6) is 1.27. The Morgan fingerprint density at radius 3 is 2.54 bits per heavy atom. The van der Waals surface area contributed by atoms with E-state index in [1.807, 2.05) is 66.0 Å². The molecule has 134 valence electrons. The first kappa shape index (κ1) is 18.6. The topological polar surface area (TPSA) is 62.2 Å². The van der Waals surface area contributed by atoms with Crippen molar-refractivity contribution in [2.45, 2.75) is 18.3 Å². The molecule has 0 aliphatic rings. The van der Waals surface area contributed by atoms with Gasteiger partial charge < -0.3 is 10.4 Å².